The van der Waals surface area contributed by atoms with Crippen molar-refractivity contribution in [3.05, 3.63) is 0 Å². The molecule has 112 valence electrons. The van der Waals surface area contributed by atoms with E-state index in [-0.39, 0.29) is 36.2 Å². The largest absolute Gasteiger partial charge is 0.468 e. The van der Waals surface area contributed by atoms with Gasteiger partial charge in [-0.05, 0) is 19.3 Å². The fraction of sp³-hybridized carbons (Fsp3) is 0.929. The van der Waals surface area contributed by atoms with Crippen molar-refractivity contribution < 1.29 is 19.0 Å². The fourth-order valence-electron chi connectivity index (χ4n) is 2.50. The van der Waals surface area contributed by atoms with Crippen LogP contribution < -0.4 is 5.32 Å². The van der Waals surface area contributed by atoms with Crippen molar-refractivity contribution in [2.45, 2.75) is 57.9 Å². The summed E-state index contributed by atoms with van der Waals surface area (Å²) < 4.78 is 15.9. The van der Waals surface area contributed by atoms with Gasteiger partial charge in [-0.25, -0.2) is 0 Å². The summed E-state index contributed by atoms with van der Waals surface area (Å²) in [5, 5.41) is 3.36. The molecule has 1 aliphatic rings. The van der Waals surface area contributed by atoms with Gasteiger partial charge in [-0.15, -0.1) is 0 Å². The molecule has 5 unspecified atom stereocenters. The smallest absolute Gasteiger partial charge is 0.323 e. The van der Waals surface area contributed by atoms with E-state index in [0.29, 0.717) is 6.61 Å². The first-order valence-electron chi connectivity index (χ1n) is 7.07. The Bertz CT molecular complexity index is 285. The normalized spacial score (nSPS) is 29.4. The monoisotopic (exact) mass is 273 g/mol. The molecule has 1 N–H and O–H groups in total. The molecule has 0 aliphatic heterocycles. The average molecular weight is 273 g/mol. The summed E-state index contributed by atoms with van der Waals surface area (Å²) in [6.07, 6.45) is 1.93. The van der Waals surface area contributed by atoms with E-state index in [2.05, 4.69) is 19.2 Å². The highest BCUT2D eigenvalue weighted by molar-refractivity contribution is 5.76. The molecule has 0 heterocycles. The predicted molar refractivity (Wildman–Crippen MR) is 73.0 cm³/mol. The molecule has 5 atom stereocenters. The van der Waals surface area contributed by atoms with Crippen LogP contribution in [0.15, 0.2) is 0 Å². The molecule has 0 aromatic carbocycles. The molecule has 1 fully saturated rings. The van der Waals surface area contributed by atoms with Gasteiger partial charge in [0.2, 0.25) is 0 Å². The van der Waals surface area contributed by atoms with Gasteiger partial charge < -0.3 is 14.2 Å². The minimum Gasteiger partial charge on any atom is -0.468 e. The number of hydrogen-bond donors (Lipinski definition) is 1. The van der Waals surface area contributed by atoms with Gasteiger partial charge in [0.25, 0.3) is 0 Å². The van der Waals surface area contributed by atoms with E-state index in [0.717, 1.165) is 12.8 Å². The van der Waals surface area contributed by atoms with E-state index in [9.17, 15) is 4.79 Å². The third-order valence-corrected chi connectivity index (χ3v) is 3.96. The van der Waals surface area contributed by atoms with Gasteiger partial charge in [-0.3, -0.25) is 10.1 Å². The molecule has 1 rings (SSSR count). The first-order chi connectivity index (χ1) is 9.08. The van der Waals surface area contributed by atoms with Gasteiger partial charge >= 0.3 is 5.97 Å². The SMILES string of the molecule is CCOC1CC(NC(C(=O)OC)C(C)CC)C1OC. The van der Waals surface area contributed by atoms with E-state index >= 15 is 0 Å². The van der Waals surface area contributed by atoms with E-state index in [4.69, 9.17) is 14.2 Å². The van der Waals surface area contributed by atoms with Gasteiger partial charge in [0.1, 0.15) is 6.04 Å². The molecule has 19 heavy (non-hydrogen) atoms. The van der Waals surface area contributed by atoms with Gasteiger partial charge in [-0.1, -0.05) is 20.3 Å². The molecule has 1 saturated carbocycles. The summed E-state index contributed by atoms with van der Waals surface area (Å²) in [4.78, 5) is 11.8. The van der Waals surface area contributed by atoms with Crippen LogP contribution in [0.3, 0.4) is 0 Å². The second-order valence-corrected chi connectivity index (χ2v) is 5.09. The fourth-order valence-corrected chi connectivity index (χ4v) is 2.50. The maximum atomic E-state index is 11.8. The second-order valence-electron chi connectivity index (χ2n) is 5.09. The lowest BCUT2D eigenvalue weighted by Crippen LogP contribution is -2.63. The molecule has 0 saturated heterocycles. The van der Waals surface area contributed by atoms with Crippen molar-refractivity contribution in [2.75, 3.05) is 20.8 Å². The van der Waals surface area contributed by atoms with Gasteiger partial charge in [0.15, 0.2) is 0 Å². The minimum absolute atomic E-state index is 0.0103. The lowest BCUT2D eigenvalue weighted by molar-refractivity contribution is -0.152. The van der Waals surface area contributed by atoms with Crippen LogP contribution in [0.2, 0.25) is 0 Å². The summed E-state index contributed by atoms with van der Waals surface area (Å²) in [7, 11) is 3.11. The zero-order chi connectivity index (χ0) is 14.4. The van der Waals surface area contributed by atoms with Crippen LogP contribution in [0.25, 0.3) is 0 Å². The lowest BCUT2D eigenvalue weighted by Gasteiger charge is -2.45. The Kier molecular flexibility index (Phi) is 6.75. The zero-order valence-electron chi connectivity index (χ0n) is 12.6. The van der Waals surface area contributed by atoms with Gasteiger partial charge in [0, 0.05) is 19.8 Å². The van der Waals surface area contributed by atoms with Crippen LogP contribution in [-0.4, -0.2) is 51.1 Å². The highest BCUT2D eigenvalue weighted by atomic mass is 16.5. The van der Waals surface area contributed by atoms with Crippen molar-refractivity contribution in [2.24, 2.45) is 5.92 Å². The summed E-state index contributed by atoms with van der Waals surface area (Å²) in [6.45, 7) is 6.78. The Morgan fingerprint density at radius 3 is 2.53 bits per heavy atom. The van der Waals surface area contributed by atoms with Crippen molar-refractivity contribution in [3.8, 4) is 0 Å². The first-order valence-corrected chi connectivity index (χ1v) is 7.07. The Hall–Kier alpha value is -0.650. The van der Waals surface area contributed by atoms with Gasteiger partial charge in [-0.2, -0.15) is 0 Å². The second kappa shape index (κ2) is 7.82. The molecule has 0 amide bonds. The quantitative estimate of drug-likeness (QED) is 0.677. The third-order valence-electron chi connectivity index (χ3n) is 3.96. The third kappa shape index (κ3) is 3.91. The number of hydrogen-bond acceptors (Lipinski definition) is 5. The summed E-state index contributed by atoms with van der Waals surface area (Å²) in [6, 6.07) is -0.125. The number of rotatable bonds is 8. The molecule has 5 nitrogen and oxygen atoms in total. The number of carbonyl (C=O) groups is 1. The Balaban J connectivity index is 2.58. The molecule has 0 aromatic heterocycles. The summed E-state index contributed by atoms with van der Waals surface area (Å²) in [5.41, 5.74) is 0. The molecule has 5 heteroatoms. The maximum absolute atomic E-state index is 11.8. The van der Waals surface area contributed by atoms with Crippen molar-refractivity contribution in [3.63, 3.8) is 0 Å². The molecule has 0 aromatic rings. The Morgan fingerprint density at radius 2 is 2.05 bits per heavy atom. The Labute approximate surface area is 116 Å². The number of carbonyl (C=O) groups excluding carboxylic acids is 1. The van der Waals surface area contributed by atoms with Crippen LogP contribution >= 0.6 is 0 Å². The highest BCUT2D eigenvalue weighted by Gasteiger charge is 2.44. The molecule has 0 bridgehead atoms. The number of esters is 1. The standard InChI is InChI=1S/C14H27NO4/c1-6-9(3)12(14(16)18-5)15-10-8-11(19-7-2)13(10)17-4/h9-13,15H,6-8H2,1-5H3. The summed E-state index contributed by atoms with van der Waals surface area (Å²) >= 11 is 0. The predicted octanol–water partition coefficient (Wildman–Crippen LogP) is 1.36. The molecular weight excluding hydrogens is 246 g/mol. The van der Waals surface area contributed by atoms with E-state index in [1.807, 2.05) is 6.92 Å². The molecule has 1 aliphatic carbocycles. The van der Waals surface area contributed by atoms with Crippen molar-refractivity contribution in [1.82, 2.24) is 5.32 Å². The number of methoxy groups -OCH3 is 2. The van der Waals surface area contributed by atoms with Crippen LogP contribution in [0.5, 0.6) is 0 Å². The van der Waals surface area contributed by atoms with Crippen LogP contribution in [0.1, 0.15) is 33.6 Å². The van der Waals surface area contributed by atoms with Crippen LogP contribution in [-0.2, 0) is 19.0 Å². The lowest BCUT2D eigenvalue weighted by atomic mass is 9.83. The highest BCUT2D eigenvalue weighted by Crippen LogP contribution is 2.28. The van der Waals surface area contributed by atoms with E-state index < -0.39 is 0 Å². The number of ether oxygens (including phenoxy) is 3. The maximum Gasteiger partial charge on any atom is 0.323 e. The van der Waals surface area contributed by atoms with Crippen LogP contribution in [0.4, 0.5) is 0 Å². The zero-order valence-corrected chi connectivity index (χ0v) is 12.6. The molecule has 0 radical (unpaired) electrons. The van der Waals surface area contributed by atoms with Gasteiger partial charge in [0.05, 0.1) is 19.3 Å². The molecular formula is C14H27NO4. The minimum atomic E-state index is -0.278. The molecule has 0 spiro atoms. The van der Waals surface area contributed by atoms with E-state index in [1.54, 1.807) is 7.11 Å². The van der Waals surface area contributed by atoms with Crippen LogP contribution in [0, 0.1) is 5.92 Å². The number of nitrogens with one attached hydrogen (secondary N) is 1. The Morgan fingerprint density at radius 1 is 1.37 bits per heavy atom. The van der Waals surface area contributed by atoms with Crippen molar-refractivity contribution >= 4 is 5.97 Å². The van der Waals surface area contributed by atoms with E-state index in [1.165, 1.54) is 7.11 Å². The topological polar surface area (TPSA) is 56.8 Å². The summed E-state index contributed by atoms with van der Waals surface area (Å²) in [5.74, 6) is 0.0279. The first kappa shape index (κ1) is 16.4. The van der Waals surface area contributed by atoms with Crippen molar-refractivity contribution in [1.29, 1.82) is 0 Å². The average Bonchev–Trinajstić information content (AvgIpc) is 2.40.